The van der Waals surface area contributed by atoms with Crippen molar-refractivity contribution in [2.75, 3.05) is 13.1 Å². The Balaban J connectivity index is 2.16. The van der Waals surface area contributed by atoms with Gasteiger partial charge in [0.05, 0.1) is 11.5 Å². The zero-order valence-electron chi connectivity index (χ0n) is 13.5. The van der Waals surface area contributed by atoms with Crippen LogP contribution in [-0.4, -0.2) is 29.7 Å². The molecule has 0 spiro atoms. The molecule has 1 saturated heterocycles. The first kappa shape index (κ1) is 17.2. The lowest BCUT2D eigenvalue weighted by Gasteiger charge is -2.38. The van der Waals surface area contributed by atoms with E-state index in [0.717, 1.165) is 18.2 Å². The van der Waals surface area contributed by atoms with Crippen LogP contribution in [0.3, 0.4) is 0 Å². The van der Waals surface area contributed by atoms with Crippen LogP contribution in [0.4, 0.5) is 13.6 Å². The van der Waals surface area contributed by atoms with E-state index >= 15 is 0 Å². The number of nitrogens with zero attached hydrogens (tertiary/aromatic N) is 2. The maximum Gasteiger partial charge on any atom is 0.410 e. The third kappa shape index (κ3) is 3.79. The van der Waals surface area contributed by atoms with Gasteiger partial charge in [-0.3, -0.25) is 0 Å². The topological polar surface area (TPSA) is 53.3 Å². The van der Waals surface area contributed by atoms with E-state index in [1.807, 2.05) is 0 Å². The number of amides is 1. The van der Waals surface area contributed by atoms with E-state index in [4.69, 9.17) is 4.74 Å². The van der Waals surface area contributed by atoms with Crippen molar-refractivity contribution in [3.05, 3.63) is 35.4 Å². The second-order valence-electron chi connectivity index (χ2n) is 6.79. The van der Waals surface area contributed by atoms with Crippen molar-refractivity contribution in [3.63, 3.8) is 0 Å². The maximum absolute atomic E-state index is 14.0. The lowest BCUT2D eigenvalue weighted by molar-refractivity contribution is 0.0184. The summed E-state index contributed by atoms with van der Waals surface area (Å²) in [5.41, 5.74) is -1.66. The minimum Gasteiger partial charge on any atom is -0.444 e. The van der Waals surface area contributed by atoms with Gasteiger partial charge in [0.25, 0.3) is 0 Å². The number of halogens is 2. The fraction of sp³-hybridized carbons (Fsp3) is 0.529. The third-order valence-electron chi connectivity index (χ3n) is 3.93. The molecule has 1 aromatic carbocycles. The second-order valence-corrected chi connectivity index (χ2v) is 6.79. The summed E-state index contributed by atoms with van der Waals surface area (Å²) in [5.74, 6) is -1.18. The van der Waals surface area contributed by atoms with Crippen molar-refractivity contribution in [1.29, 1.82) is 5.26 Å². The SMILES string of the molecule is CC(C)(C)OC(=O)N1CCC(C#N)(c2cc(F)ccc2F)CC1. The molecular formula is C17H20F2N2O2. The third-order valence-corrected chi connectivity index (χ3v) is 3.93. The Labute approximate surface area is 134 Å². The quantitative estimate of drug-likeness (QED) is 0.791. The molecule has 124 valence electrons. The first-order chi connectivity index (χ1) is 10.7. The molecule has 0 atom stereocenters. The van der Waals surface area contributed by atoms with Crippen LogP contribution in [0.15, 0.2) is 18.2 Å². The molecule has 0 unspecified atom stereocenters. The highest BCUT2D eigenvalue weighted by atomic mass is 19.1. The Morgan fingerprint density at radius 2 is 1.91 bits per heavy atom. The van der Waals surface area contributed by atoms with Gasteiger partial charge in [-0.1, -0.05) is 0 Å². The smallest absolute Gasteiger partial charge is 0.410 e. The van der Waals surface area contributed by atoms with Gasteiger partial charge >= 0.3 is 6.09 Å². The van der Waals surface area contributed by atoms with E-state index in [9.17, 15) is 18.8 Å². The van der Waals surface area contributed by atoms with Gasteiger partial charge in [-0.2, -0.15) is 5.26 Å². The minimum atomic E-state index is -1.12. The average molecular weight is 322 g/mol. The summed E-state index contributed by atoms with van der Waals surface area (Å²) in [6, 6.07) is 5.25. The summed E-state index contributed by atoms with van der Waals surface area (Å²) < 4.78 is 32.8. The first-order valence-electron chi connectivity index (χ1n) is 7.52. The molecule has 0 N–H and O–H groups in total. The minimum absolute atomic E-state index is 0.0591. The highest BCUT2D eigenvalue weighted by molar-refractivity contribution is 5.68. The zero-order chi connectivity index (χ0) is 17.3. The predicted molar refractivity (Wildman–Crippen MR) is 80.7 cm³/mol. The van der Waals surface area contributed by atoms with Gasteiger partial charge in [0.15, 0.2) is 0 Å². The number of piperidine rings is 1. The van der Waals surface area contributed by atoms with Gasteiger partial charge in [0.1, 0.15) is 17.2 Å². The van der Waals surface area contributed by atoms with E-state index in [-0.39, 0.29) is 31.5 Å². The van der Waals surface area contributed by atoms with E-state index in [1.54, 1.807) is 20.8 Å². The normalized spacial score (nSPS) is 17.5. The molecule has 2 rings (SSSR count). The Morgan fingerprint density at radius 1 is 1.30 bits per heavy atom. The number of nitriles is 1. The molecule has 0 radical (unpaired) electrons. The summed E-state index contributed by atoms with van der Waals surface area (Å²) >= 11 is 0. The molecule has 0 aliphatic carbocycles. The Morgan fingerprint density at radius 3 is 2.43 bits per heavy atom. The van der Waals surface area contributed by atoms with Crippen molar-refractivity contribution in [1.82, 2.24) is 4.90 Å². The van der Waals surface area contributed by atoms with E-state index in [2.05, 4.69) is 6.07 Å². The highest BCUT2D eigenvalue weighted by Gasteiger charge is 2.40. The molecular weight excluding hydrogens is 302 g/mol. The number of hydrogen-bond donors (Lipinski definition) is 0. The summed E-state index contributed by atoms with van der Waals surface area (Å²) in [7, 11) is 0. The average Bonchev–Trinajstić information content (AvgIpc) is 2.48. The van der Waals surface area contributed by atoms with E-state index in [0.29, 0.717) is 0 Å². The van der Waals surface area contributed by atoms with Crippen molar-refractivity contribution in [3.8, 4) is 6.07 Å². The number of carbonyl (C=O) groups excluding carboxylic acids is 1. The van der Waals surface area contributed by atoms with Crippen LogP contribution in [-0.2, 0) is 10.2 Å². The fourth-order valence-electron chi connectivity index (χ4n) is 2.70. The van der Waals surface area contributed by atoms with Gasteiger partial charge < -0.3 is 9.64 Å². The summed E-state index contributed by atoms with van der Waals surface area (Å²) in [6.45, 7) is 5.85. The number of carbonyl (C=O) groups is 1. The predicted octanol–water partition coefficient (Wildman–Crippen LogP) is 3.76. The monoisotopic (exact) mass is 322 g/mol. The highest BCUT2D eigenvalue weighted by Crippen LogP contribution is 2.37. The van der Waals surface area contributed by atoms with Crippen LogP contribution in [0, 0.1) is 23.0 Å². The number of hydrogen-bond acceptors (Lipinski definition) is 3. The van der Waals surface area contributed by atoms with E-state index < -0.39 is 28.7 Å². The Kier molecular flexibility index (Phi) is 4.60. The van der Waals surface area contributed by atoms with Crippen LogP contribution in [0.5, 0.6) is 0 Å². The number of rotatable bonds is 1. The molecule has 6 heteroatoms. The molecule has 1 amide bonds. The molecule has 4 nitrogen and oxygen atoms in total. The van der Waals surface area contributed by atoms with Crippen LogP contribution < -0.4 is 0 Å². The molecule has 1 fully saturated rings. The first-order valence-corrected chi connectivity index (χ1v) is 7.52. The Bertz CT molecular complexity index is 639. The van der Waals surface area contributed by atoms with Gasteiger partial charge in [0, 0.05) is 18.7 Å². The van der Waals surface area contributed by atoms with Crippen molar-refractivity contribution >= 4 is 6.09 Å². The van der Waals surface area contributed by atoms with Crippen molar-refractivity contribution < 1.29 is 18.3 Å². The second kappa shape index (κ2) is 6.15. The van der Waals surface area contributed by atoms with Crippen LogP contribution in [0.25, 0.3) is 0 Å². The van der Waals surface area contributed by atoms with Gasteiger partial charge in [-0.25, -0.2) is 13.6 Å². The molecule has 1 aromatic rings. The lowest BCUT2D eigenvalue weighted by atomic mass is 9.74. The van der Waals surface area contributed by atoms with Crippen molar-refractivity contribution in [2.45, 2.75) is 44.6 Å². The van der Waals surface area contributed by atoms with Crippen LogP contribution >= 0.6 is 0 Å². The molecule has 1 aliphatic rings. The number of ether oxygens (including phenoxy) is 1. The zero-order valence-corrected chi connectivity index (χ0v) is 13.5. The standard InChI is InChI=1S/C17H20F2N2O2/c1-16(2,3)23-15(22)21-8-6-17(11-20,7-9-21)13-10-12(18)4-5-14(13)19/h4-5,10H,6-9H2,1-3H3. The van der Waals surface area contributed by atoms with Crippen molar-refractivity contribution in [2.24, 2.45) is 0 Å². The van der Waals surface area contributed by atoms with Crippen LogP contribution in [0.2, 0.25) is 0 Å². The molecule has 23 heavy (non-hydrogen) atoms. The van der Waals surface area contributed by atoms with Gasteiger partial charge in [-0.05, 0) is 51.8 Å². The largest absolute Gasteiger partial charge is 0.444 e. The van der Waals surface area contributed by atoms with E-state index in [1.165, 1.54) is 4.90 Å². The summed E-state index contributed by atoms with van der Waals surface area (Å²) in [5, 5.41) is 9.55. The molecule has 1 heterocycles. The molecule has 0 bridgehead atoms. The maximum atomic E-state index is 14.0. The molecule has 0 saturated carbocycles. The molecule has 0 aromatic heterocycles. The summed E-state index contributed by atoms with van der Waals surface area (Å²) in [6.07, 6.45) is 0.0235. The Hall–Kier alpha value is -2.16. The van der Waals surface area contributed by atoms with Gasteiger partial charge in [0.2, 0.25) is 0 Å². The fourth-order valence-corrected chi connectivity index (χ4v) is 2.70. The summed E-state index contributed by atoms with van der Waals surface area (Å²) in [4.78, 5) is 13.6. The number of likely N-dealkylation sites (tertiary alicyclic amines) is 1. The number of benzene rings is 1. The van der Waals surface area contributed by atoms with Crippen LogP contribution in [0.1, 0.15) is 39.2 Å². The van der Waals surface area contributed by atoms with Gasteiger partial charge in [-0.15, -0.1) is 0 Å². The molecule has 1 aliphatic heterocycles. The lowest BCUT2D eigenvalue weighted by Crippen LogP contribution is -2.46.